The second-order valence-electron chi connectivity index (χ2n) is 6.40. The molecule has 1 N–H and O–H groups in total. The number of hydrogen-bond donors (Lipinski definition) is 1. The normalized spacial score (nSPS) is 10.6. The van der Waals surface area contributed by atoms with Crippen LogP contribution < -0.4 is 5.56 Å². The molecule has 142 valence electrons. The number of aryl methyl sites for hydroxylation is 1. The van der Waals surface area contributed by atoms with Crippen molar-refractivity contribution in [2.75, 3.05) is 6.61 Å². The summed E-state index contributed by atoms with van der Waals surface area (Å²) in [5, 5.41) is 9.89. The first-order chi connectivity index (χ1) is 13.4. The molecule has 2 aromatic heterocycles. The lowest BCUT2D eigenvalue weighted by molar-refractivity contribution is -0.142. The van der Waals surface area contributed by atoms with E-state index in [0.717, 1.165) is 10.9 Å². The Morgan fingerprint density at radius 3 is 2.71 bits per heavy atom. The van der Waals surface area contributed by atoms with Crippen molar-refractivity contribution in [3.05, 3.63) is 68.8 Å². The van der Waals surface area contributed by atoms with Gasteiger partial charge in [0.25, 0.3) is 5.56 Å². The molecule has 7 nitrogen and oxygen atoms in total. The molecule has 0 aliphatic heterocycles. The highest BCUT2D eigenvalue weighted by Crippen LogP contribution is 2.19. The second-order valence-corrected chi connectivity index (χ2v) is 6.40. The Hall–Kier alpha value is -3.66. The lowest BCUT2D eigenvalue weighted by Gasteiger charge is -2.10. The predicted molar refractivity (Wildman–Crippen MR) is 101 cm³/mol. The molecule has 0 aliphatic rings. The van der Waals surface area contributed by atoms with Crippen LogP contribution in [0.4, 0.5) is 0 Å². The summed E-state index contributed by atoms with van der Waals surface area (Å²) in [6.07, 6.45) is 0.312. The number of furan rings is 1. The zero-order valence-electron chi connectivity index (χ0n) is 15.5. The van der Waals surface area contributed by atoms with Gasteiger partial charge in [-0.05, 0) is 43.5 Å². The van der Waals surface area contributed by atoms with Gasteiger partial charge in [0.05, 0.1) is 0 Å². The van der Waals surface area contributed by atoms with Crippen molar-refractivity contribution < 1.29 is 18.7 Å². The first kappa shape index (κ1) is 19.1. The van der Waals surface area contributed by atoms with E-state index in [0.29, 0.717) is 23.3 Å². The maximum atomic E-state index is 12.2. The van der Waals surface area contributed by atoms with Crippen LogP contribution in [0.5, 0.6) is 0 Å². The van der Waals surface area contributed by atoms with Crippen LogP contribution in [-0.2, 0) is 16.0 Å². The van der Waals surface area contributed by atoms with Crippen LogP contribution in [0, 0.1) is 25.2 Å². The van der Waals surface area contributed by atoms with E-state index in [4.69, 9.17) is 14.4 Å². The van der Waals surface area contributed by atoms with E-state index in [9.17, 15) is 14.4 Å². The van der Waals surface area contributed by atoms with Crippen molar-refractivity contribution in [2.24, 2.45) is 0 Å². The molecule has 0 radical (unpaired) electrons. The van der Waals surface area contributed by atoms with Gasteiger partial charge in [0, 0.05) is 17.5 Å². The van der Waals surface area contributed by atoms with Crippen molar-refractivity contribution in [1.82, 2.24) is 4.98 Å². The fourth-order valence-electron chi connectivity index (χ4n) is 3.06. The molecule has 0 aliphatic carbocycles. The van der Waals surface area contributed by atoms with Gasteiger partial charge in [-0.25, -0.2) is 0 Å². The maximum absolute atomic E-state index is 12.2. The number of ketones is 1. The van der Waals surface area contributed by atoms with Gasteiger partial charge in [0.15, 0.2) is 12.4 Å². The van der Waals surface area contributed by atoms with Crippen LogP contribution in [0.15, 0.2) is 39.5 Å². The Morgan fingerprint density at radius 2 is 2.00 bits per heavy atom. The molecular weight excluding hydrogens is 360 g/mol. The molecule has 28 heavy (non-hydrogen) atoms. The monoisotopic (exact) mass is 378 g/mol. The van der Waals surface area contributed by atoms with Gasteiger partial charge in [-0.3, -0.25) is 14.4 Å². The van der Waals surface area contributed by atoms with Gasteiger partial charge in [0.1, 0.15) is 17.2 Å². The number of carbonyl (C=O) groups is 2. The number of rotatable bonds is 6. The molecule has 2 heterocycles. The van der Waals surface area contributed by atoms with Crippen LogP contribution >= 0.6 is 0 Å². The van der Waals surface area contributed by atoms with Crippen LogP contribution in [0.1, 0.15) is 39.4 Å². The van der Waals surface area contributed by atoms with Crippen LogP contribution in [0.3, 0.4) is 0 Å². The average molecular weight is 378 g/mol. The molecule has 0 spiro atoms. The fraction of sp³-hybridized carbons (Fsp3) is 0.238. The summed E-state index contributed by atoms with van der Waals surface area (Å²) in [6.45, 7) is 2.97. The minimum Gasteiger partial charge on any atom is -0.457 e. The zero-order valence-corrected chi connectivity index (χ0v) is 15.5. The molecular formula is C21H18N2O5. The molecule has 0 bridgehead atoms. The van der Waals surface area contributed by atoms with Gasteiger partial charge in [-0.15, -0.1) is 0 Å². The number of esters is 1. The summed E-state index contributed by atoms with van der Waals surface area (Å²) >= 11 is 0. The molecule has 0 atom stereocenters. The number of ether oxygens (including phenoxy) is 1. The van der Waals surface area contributed by atoms with Crippen molar-refractivity contribution in [3.8, 4) is 6.07 Å². The first-order valence-corrected chi connectivity index (χ1v) is 8.70. The zero-order chi connectivity index (χ0) is 20.3. The van der Waals surface area contributed by atoms with Crippen LogP contribution in [0.2, 0.25) is 0 Å². The van der Waals surface area contributed by atoms with Gasteiger partial charge in [0.2, 0.25) is 5.78 Å². The number of nitriles is 1. The Kier molecular flexibility index (Phi) is 5.41. The van der Waals surface area contributed by atoms with E-state index >= 15 is 0 Å². The third kappa shape index (κ3) is 3.86. The number of Topliss-reactive ketones (excluding diaryl/α,β-unsaturated/α-hetero) is 1. The smallest absolute Gasteiger partial charge is 0.306 e. The molecule has 3 rings (SSSR count). The first-order valence-electron chi connectivity index (χ1n) is 8.70. The van der Waals surface area contributed by atoms with Gasteiger partial charge < -0.3 is 14.1 Å². The summed E-state index contributed by atoms with van der Waals surface area (Å²) in [5.41, 5.74) is 2.06. The maximum Gasteiger partial charge on any atom is 0.306 e. The van der Waals surface area contributed by atoms with Crippen molar-refractivity contribution >= 4 is 22.7 Å². The quantitative estimate of drug-likeness (QED) is 0.521. The van der Waals surface area contributed by atoms with E-state index in [1.807, 2.05) is 18.2 Å². The summed E-state index contributed by atoms with van der Waals surface area (Å²) in [5.74, 6) is -0.833. The van der Waals surface area contributed by atoms with Crippen molar-refractivity contribution in [1.29, 1.82) is 5.26 Å². The Balaban J connectivity index is 1.60. The van der Waals surface area contributed by atoms with Crippen LogP contribution in [-0.4, -0.2) is 23.3 Å². The number of H-pyrrole nitrogens is 1. The SMILES string of the molecule is Cc1[nH]c(=O)c(C#N)c(C)c1CCC(=O)OCC(=O)c1cc2ccccc2o1. The number of nitrogens with zero attached hydrogens (tertiary/aromatic N) is 1. The molecule has 0 saturated carbocycles. The van der Waals surface area contributed by atoms with E-state index < -0.39 is 23.9 Å². The number of aromatic amines is 1. The fourth-order valence-corrected chi connectivity index (χ4v) is 3.06. The highest BCUT2D eigenvalue weighted by Gasteiger charge is 2.17. The minimum atomic E-state index is -0.548. The van der Waals surface area contributed by atoms with Gasteiger partial charge in [-0.2, -0.15) is 5.26 Å². The molecule has 1 aromatic carbocycles. The van der Waals surface area contributed by atoms with Crippen LogP contribution in [0.25, 0.3) is 11.0 Å². The number of nitrogens with one attached hydrogen (secondary N) is 1. The summed E-state index contributed by atoms with van der Waals surface area (Å²) in [6, 6.07) is 10.7. The van der Waals surface area contributed by atoms with Crippen molar-refractivity contribution in [2.45, 2.75) is 26.7 Å². The third-order valence-electron chi connectivity index (χ3n) is 4.56. The molecule has 0 saturated heterocycles. The second kappa shape index (κ2) is 7.92. The van der Waals surface area contributed by atoms with Gasteiger partial charge >= 0.3 is 5.97 Å². The van der Waals surface area contributed by atoms with E-state index in [2.05, 4.69) is 4.98 Å². The number of para-hydroxylation sites is 1. The highest BCUT2D eigenvalue weighted by molar-refractivity contribution is 5.99. The number of fused-ring (bicyclic) bond motifs is 1. The lowest BCUT2D eigenvalue weighted by atomic mass is 9.99. The lowest BCUT2D eigenvalue weighted by Crippen LogP contribution is -2.18. The molecule has 3 aromatic rings. The Labute approximate surface area is 160 Å². The molecule has 0 fully saturated rings. The van der Waals surface area contributed by atoms with E-state index in [1.54, 1.807) is 32.0 Å². The standard InChI is InChI=1S/C21H18N2O5/c1-12-15(13(2)23-21(26)16(12)10-22)7-8-20(25)27-11-17(24)19-9-14-5-3-4-6-18(14)28-19/h3-6,9H,7-8,11H2,1-2H3,(H,23,26). The van der Waals surface area contributed by atoms with Crippen molar-refractivity contribution in [3.63, 3.8) is 0 Å². The molecule has 7 heteroatoms. The van der Waals surface area contributed by atoms with E-state index in [-0.39, 0.29) is 17.7 Å². The third-order valence-corrected chi connectivity index (χ3v) is 4.56. The number of benzene rings is 1. The topological polar surface area (TPSA) is 113 Å². The average Bonchev–Trinajstić information content (AvgIpc) is 3.10. The Morgan fingerprint density at radius 1 is 1.25 bits per heavy atom. The Bertz CT molecular complexity index is 1130. The summed E-state index contributed by atoms with van der Waals surface area (Å²) in [4.78, 5) is 38.6. The number of aromatic nitrogens is 1. The predicted octanol–water partition coefficient (Wildman–Crippen LogP) is 2.97. The highest BCUT2D eigenvalue weighted by atomic mass is 16.5. The summed E-state index contributed by atoms with van der Waals surface area (Å²) < 4.78 is 10.5. The summed E-state index contributed by atoms with van der Waals surface area (Å²) in [7, 11) is 0. The number of pyridine rings is 1. The van der Waals surface area contributed by atoms with E-state index in [1.165, 1.54) is 0 Å². The number of hydrogen-bond acceptors (Lipinski definition) is 6. The molecule has 0 unspecified atom stereocenters. The van der Waals surface area contributed by atoms with Gasteiger partial charge in [-0.1, -0.05) is 18.2 Å². The largest absolute Gasteiger partial charge is 0.457 e. The molecule has 0 amide bonds. The number of carbonyl (C=O) groups excluding carboxylic acids is 2. The minimum absolute atomic E-state index is 0.0198.